The molecule has 0 aliphatic rings. The van der Waals surface area contributed by atoms with E-state index in [1.54, 1.807) is 11.9 Å². The van der Waals surface area contributed by atoms with Gasteiger partial charge in [0, 0.05) is 13.6 Å². The minimum Gasteiger partial charge on any atom is -0.357 e. The Balaban J connectivity index is 2.30. The van der Waals surface area contributed by atoms with Crippen LogP contribution in [-0.2, 0) is 22.6 Å². The highest BCUT2D eigenvalue weighted by atomic mass is 16.2. The molecule has 2 aromatic rings. The molecule has 138 valence electrons. The molecule has 1 N–H and O–H groups in total. The number of rotatable bonds is 7. The predicted octanol–water partition coefficient (Wildman–Crippen LogP) is 3.40. The van der Waals surface area contributed by atoms with Gasteiger partial charge in [0.15, 0.2) is 0 Å². The van der Waals surface area contributed by atoms with Gasteiger partial charge in [-0.1, -0.05) is 61.0 Å². The smallest absolute Gasteiger partial charge is 0.242 e. The molecule has 0 unspecified atom stereocenters. The second-order valence-electron chi connectivity index (χ2n) is 6.65. The number of carbonyl (C=O) groups is 2. The molecule has 0 aliphatic carbocycles. The molecule has 1 atom stereocenters. The van der Waals surface area contributed by atoms with Gasteiger partial charge in [-0.2, -0.15) is 0 Å². The Kier molecular flexibility index (Phi) is 6.96. The summed E-state index contributed by atoms with van der Waals surface area (Å²) in [5, 5.41) is 2.69. The minimum atomic E-state index is -0.475. The van der Waals surface area contributed by atoms with Gasteiger partial charge < -0.3 is 10.2 Å². The molecule has 2 rings (SSSR count). The Morgan fingerprint density at radius 2 is 1.81 bits per heavy atom. The monoisotopic (exact) mass is 352 g/mol. The van der Waals surface area contributed by atoms with E-state index in [4.69, 9.17) is 0 Å². The lowest BCUT2D eigenvalue weighted by Crippen LogP contribution is -2.48. The molecule has 0 aliphatic heterocycles. The zero-order valence-electron chi connectivity index (χ0n) is 16.1. The van der Waals surface area contributed by atoms with Gasteiger partial charge in [-0.15, -0.1) is 0 Å². The Morgan fingerprint density at radius 3 is 2.42 bits per heavy atom. The third-order valence-electron chi connectivity index (χ3n) is 4.67. The molecule has 0 saturated carbocycles. The van der Waals surface area contributed by atoms with Gasteiger partial charge in [0.1, 0.15) is 6.04 Å². The van der Waals surface area contributed by atoms with Crippen molar-refractivity contribution in [1.82, 2.24) is 10.2 Å². The molecule has 0 radical (unpaired) electrons. The number of hydrogen-bond donors (Lipinski definition) is 1. The Bertz CT molecular complexity index is 770. The lowest BCUT2D eigenvalue weighted by Gasteiger charge is -2.30. The van der Waals surface area contributed by atoms with Crippen molar-refractivity contribution in [1.29, 1.82) is 0 Å². The maximum Gasteiger partial charge on any atom is 0.242 e. The first-order valence-electron chi connectivity index (χ1n) is 9.07. The van der Waals surface area contributed by atoms with E-state index in [-0.39, 0.29) is 11.8 Å². The van der Waals surface area contributed by atoms with Crippen molar-refractivity contribution < 1.29 is 9.59 Å². The first kappa shape index (κ1) is 19.7. The van der Waals surface area contributed by atoms with Crippen molar-refractivity contribution in [2.75, 3.05) is 7.05 Å². The summed E-state index contributed by atoms with van der Waals surface area (Å²) in [7, 11) is 1.61. The summed E-state index contributed by atoms with van der Waals surface area (Å²) in [4.78, 5) is 27.2. The van der Waals surface area contributed by atoms with Crippen LogP contribution in [-0.4, -0.2) is 29.8 Å². The van der Waals surface area contributed by atoms with Crippen LogP contribution >= 0.6 is 0 Å². The zero-order chi connectivity index (χ0) is 19.1. The largest absolute Gasteiger partial charge is 0.357 e. The van der Waals surface area contributed by atoms with Crippen LogP contribution in [0, 0.1) is 13.8 Å². The number of hydrogen-bond acceptors (Lipinski definition) is 2. The molecule has 2 amide bonds. The summed E-state index contributed by atoms with van der Waals surface area (Å²) < 4.78 is 0. The van der Waals surface area contributed by atoms with E-state index in [0.717, 1.165) is 22.3 Å². The first-order valence-corrected chi connectivity index (χ1v) is 9.07. The average Bonchev–Trinajstić information content (AvgIpc) is 2.63. The fraction of sp³-hybridized carbons (Fsp3) is 0.364. The van der Waals surface area contributed by atoms with Crippen LogP contribution in [0.4, 0.5) is 0 Å². The molecule has 0 spiro atoms. The molecule has 2 aromatic carbocycles. The molecule has 0 aromatic heterocycles. The second kappa shape index (κ2) is 9.18. The fourth-order valence-electron chi connectivity index (χ4n) is 3.17. The summed E-state index contributed by atoms with van der Waals surface area (Å²) in [6.45, 7) is 6.39. The fourth-order valence-corrected chi connectivity index (χ4v) is 3.17. The second-order valence-corrected chi connectivity index (χ2v) is 6.65. The van der Waals surface area contributed by atoms with Gasteiger partial charge in [-0.25, -0.2) is 0 Å². The molecule has 0 heterocycles. The van der Waals surface area contributed by atoms with Crippen molar-refractivity contribution in [3.05, 3.63) is 70.8 Å². The highest BCUT2D eigenvalue weighted by Gasteiger charge is 2.28. The molecule has 0 saturated heterocycles. The first-order chi connectivity index (χ1) is 12.5. The van der Waals surface area contributed by atoms with Crippen molar-refractivity contribution >= 4 is 11.8 Å². The van der Waals surface area contributed by atoms with Crippen LogP contribution in [0.1, 0.15) is 35.6 Å². The Labute approximate surface area is 156 Å². The number of aryl methyl sites for hydroxylation is 2. The number of nitrogens with zero attached hydrogens (tertiary/aromatic N) is 1. The molecular formula is C22H28N2O2. The van der Waals surface area contributed by atoms with Gasteiger partial charge in [-0.05, 0) is 37.0 Å². The maximum atomic E-state index is 13.1. The predicted molar refractivity (Wildman–Crippen MR) is 105 cm³/mol. The molecule has 4 nitrogen and oxygen atoms in total. The third kappa shape index (κ3) is 4.94. The molecule has 0 fully saturated rings. The maximum absolute atomic E-state index is 13.1. The van der Waals surface area contributed by atoms with Gasteiger partial charge in [0.2, 0.25) is 11.8 Å². The van der Waals surface area contributed by atoms with Crippen LogP contribution < -0.4 is 5.32 Å². The lowest BCUT2D eigenvalue weighted by atomic mass is 10.0. The van der Waals surface area contributed by atoms with Crippen molar-refractivity contribution in [3.8, 4) is 0 Å². The standard InChI is InChI=1S/C22H28N2O2/c1-5-20(22(26)23-4)24(15-18-11-8-9-16(2)13-18)21(25)14-19-12-7-6-10-17(19)3/h6-13,20H,5,14-15H2,1-4H3,(H,23,26)/t20-/m0/s1. The minimum absolute atomic E-state index is 0.0312. The van der Waals surface area contributed by atoms with E-state index in [0.29, 0.717) is 19.4 Å². The SMILES string of the molecule is CC[C@@H](C(=O)NC)N(Cc1cccc(C)c1)C(=O)Cc1ccccc1C. The van der Waals surface area contributed by atoms with Gasteiger partial charge in [0.25, 0.3) is 0 Å². The molecule has 26 heavy (non-hydrogen) atoms. The molecule has 0 bridgehead atoms. The van der Waals surface area contributed by atoms with E-state index in [2.05, 4.69) is 11.4 Å². The average molecular weight is 352 g/mol. The van der Waals surface area contributed by atoms with E-state index in [1.807, 2.05) is 63.2 Å². The quantitative estimate of drug-likeness (QED) is 0.830. The topological polar surface area (TPSA) is 49.4 Å². The number of carbonyl (C=O) groups excluding carboxylic acids is 2. The number of amides is 2. The van der Waals surface area contributed by atoms with Crippen LogP contribution in [0.25, 0.3) is 0 Å². The van der Waals surface area contributed by atoms with Crippen molar-refractivity contribution in [2.24, 2.45) is 0 Å². The number of nitrogens with one attached hydrogen (secondary N) is 1. The van der Waals surface area contributed by atoms with Crippen LogP contribution in [0.15, 0.2) is 48.5 Å². The highest BCUT2D eigenvalue weighted by Crippen LogP contribution is 2.16. The van der Waals surface area contributed by atoms with Crippen LogP contribution in [0.3, 0.4) is 0 Å². The van der Waals surface area contributed by atoms with Crippen LogP contribution in [0.5, 0.6) is 0 Å². The van der Waals surface area contributed by atoms with E-state index in [9.17, 15) is 9.59 Å². The summed E-state index contributed by atoms with van der Waals surface area (Å²) in [5.74, 6) is -0.158. The lowest BCUT2D eigenvalue weighted by molar-refractivity contribution is -0.140. The molecular weight excluding hydrogens is 324 g/mol. The Hall–Kier alpha value is -2.62. The van der Waals surface area contributed by atoms with Gasteiger partial charge >= 0.3 is 0 Å². The van der Waals surface area contributed by atoms with E-state index >= 15 is 0 Å². The van der Waals surface area contributed by atoms with E-state index in [1.165, 1.54) is 0 Å². The number of benzene rings is 2. The number of likely N-dealkylation sites (N-methyl/N-ethyl adjacent to an activating group) is 1. The zero-order valence-corrected chi connectivity index (χ0v) is 16.1. The van der Waals surface area contributed by atoms with E-state index < -0.39 is 6.04 Å². The summed E-state index contributed by atoms with van der Waals surface area (Å²) in [6.07, 6.45) is 0.872. The molecule has 4 heteroatoms. The summed E-state index contributed by atoms with van der Waals surface area (Å²) in [5.41, 5.74) is 4.26. The Morgan fingerprint density at radius 1 is 1.08 bits per heavy atom. The van der Waals surface area contributed by atoms with Gasteiger partial charge in [0.05, 0.1) is 6.42 Å². The van der Waals surface area contributed by atoms with Gasteiger partial charge in [-0.3, -0.25) is 9.59 Å². The normalized spacial score (nSPS) is 11.7. The summed E-state index contributed by atoms with van der Waals surface area (Å²) >= 11 is 0. The van der Waals surface area contributed by atoms with Crippen molar-refractivity contribution in [3.63, 3.8) is 0 Å². The van der Waals surface area contributed by atoms with Crippen LogP contribution in [0.2, 0.25) is 0 Å². The van der Waals surface area contributed by atoms with Crippen molar-refractivity contribution in [2.45, 2.75) is 46.2 Å². The third-order valence-corrected chi connectivity index (χ3v) is 4.67. The highest BCUT2D eigenvalue weighted by molar-refractivity contribution is 5.88. The summed E-state index contributed by atoms with van der Waals surface area (Å²) in [6, 6.07) is 15.5.